The van der Waals surface area contributed by atoms with E-state index in [2.05, 4.69) is 6.07 Å². The Balaban J connectivity index is 1.91. The average Bonchev–Trinajstić information content (AvgIpc) is 2.38. The fraction of sp³-hybridized carbons (Fsp3) is 0.462. The smallest absolute Gasteiger partial charge is 0.0994 e. The second-order valence-corrected chi connectivity index (χ2v) is 5.18. The molecule has 1 aromatic carbocycles. The summed E-state index contributed by atoms with van der Waals surface area (Å²) in [5, 5.41) is 9.67. The summed E-state index contributed by atoms with van der Waals surface area (Å²) in [6.45, 7) is 1.77. The van der Waals surface area contributed by atoms with Crippen LogP contribution in [0, 0.1) is 11.3 Å². The van der Waals surface area contributed by atoms with Gasteiger partial charge in [0.05, 0.1) is 11.6 Å². The van der Waals surface area contributed by atoms with Crippen molar-refractivity contribution in [3.05, 3.63) is 35.4 Å². The van der Waals surface area contributed by atoms with Gasteiger partial charge in [-0.25, -0.2) is 0 Å². The van der Waals surface area contributed by atoms with E-state index in [-0.39, 0.29) is 0 Å². The molecule has 0 aliphatic carbocycles. The van der Waals surface area contributed by atoms with Crippen LogP contribution >= 0.6 is 11.8 Å². The van der Waals surface area contributed by atoms with Crippen LogP contribution in [-0.4, -0.2) is 18.5 Å². The minimum Gasteiger partial charge on any atom is -0.381 e. The summed E-state index contributed by atoms with van der Waals surface area (Å²) in [5.41, 5.74) is 1.96. The SMILES string of the molecule is N#Cc1ccccc1CSC1CCOCC1. The zero-order valence-corrected chi connectivity index (χ0v) is 10.0. The molecule has 0 aromatic heterocycles. The highest BCUT2D eigenvalue weighted by molar-refractivity contribution is 7.99. The van der Waals surface area contributed by atoms with Gasteiger partial charge >= 0.3 is 0 Å². The van der Waals surface area contributed by atoms with Gasteiger partial charge in [-0.15, -0.1) is 0 Å². The zero-order chi connectivity index (χ0) is 11.2. The average molecular weight is 233 g/mol. The van der Waals surface area contributed by atoms with Crippen molar-refractivity contribution >= 4 is 11.8 Å². The van der Waals surface area contributed by atoms with Gasteiger partial charge in [0.25, 0.3) is 0 Å². The minimum absolute atomic E-state index is 0.695. The van der Waals surface area contributed by atoms with Gasteiger partial charge in [0.15, 0.2) is 0 Å². The maximum atomic E-state index is 8.98. The van der Waals surface area contributed by atoms with Crippen molar-refractivity contribution in [2.45, 2.75) is 23.8 Å². The first kappa shape index (κ1) is 11.5. The third kappa shape index (κ3) is 3.01. The van der Waals surface area contributed by atoms with Crippen LogP contribution in [0.5, 0.6) is 0 Å². The lowest BCUT2D eigenvalue weighted by atomic mass is 10.1. The van der Waals surface area contributed by atoms with E-state index in [1.165, 1.54) is 0 Å². The van der Waals surface area contributed by atoms with Crippen molar-refractivity contribution in [3.8, 4) is 6.07 Å². The van der Waals surface area contributed by atoms with Crippen molar-refractivity contribution in [2.75, 3.05) is 13.2 Å². The van der Waals surface area contributed by atoms with Crippen LogP contribution in [0.15, 0.2) is 24.3 Å². The van der Waals surface area contributed by atoms with Crippen LogP contribution in [0.3, 0.4) is 0 Å². The fourth-order valence-corrected chi connectivity index (χ4v) is 3.00. The summed E-state index contributed by atoms with van der Waals surface area (Å²) in [5.74, 6) is 0.939. The first-order valence-corrected chi connectivity index (χ1v) is 6.62. The van der Waals surface area contributed by atoms with Crippen LogP contribution in [-0.2, 0) is 10.5 Å². The van der Waals surface area contributed by atoms with Gasteiger partial charge in [-0.05, 0) is 24.5 Å². The molecule has 16 heavy (non-hydrogen) atoms. The molecule has 84 valence electrons. The van der Waals surface area contributed by atoms with Gasteiger partial charge in [0, 0.05) is 24.2 Å². The van der Waals surface area contributed by atoms with Gasteiger partial charge in [-0.2, -0.15) is 17.0 Å². The molecule has 1 heterocycles. The van der Waals surface area contributed by atoms with Crippen molar-refractivity contribution in [1.82, 2.24) is 0 Å². The Morgan fingerprint density at radius 2 is 2.06 bits per heavy atom. The van der Waals surface area contributed by atoms with Gasteiger partial charge in [0.2, 0.25) is 0 Å². The monoisotopic (exact) mass is 233 g/mol. The number of hydrogen-bond acceptors (Lipinski definition) is 3. The van der Waals surface area contributed by atoms with Crippen LogP contribution in [0.2, 0.25) is 0 Å². The van der Waals surface area contributed by atoms with Crippen molar-refractivity contribution in [1.29, 1.82) is 5.26 Å². The number of nitrogens with zero attached hydrogens (tertiary/aromatic N) is 1. The van der Waals surface area contributed by atoms with E-state index in [1.54, 1.807) is 0 Å². The number of rotatable bonds is 3. The lowest BCUT2D eigenvalue weighted by Gasteiger charge is -2.21. The number of hydrogen-bond donors (Lipinski definition) is 0. The second kappa shape index (κ2) is 5.93. The lowest BCUT2D eigenvalue weighted by Crippen LogP contribution is -2.17. The van der Waals surface area contributed by atoms with E-state index in [0.717, 1.165) is 42.9 Å². The van der Waals surface area contributed by atoms with E-state index in [0.29, 0.717) is 5.25 Å². The molecule has 1 fully saturated rings. The summed E-state index contributed by atoms with van der Waals surface area (Å²) in [6, 6.07) is 10.1. The van der Waals surface area contributed by atoms with E-state index >= 15 is 0 Å². The van der Waals surface area contributed by atoms with Gasteiger partial charge in [-0.1, -0.05) is 18.2 Å². The Morgan fingerprint density at radius 1 is 1.31 bits per heavy atom. The predicted octanol–water partition coefficient (Wildman–Crippen LogP) is 2.97. The van der Waals surface area contributed by atoms with Crippen LogP contribution in [0.4, 0.5) is 0 Å². The Kier molecular flexibility index (Phi) is 4.26. The molecule has 2 nitrogen and oxygen atoms in total. The maximum absolute atomic E-state index is 8.98. The van der Waals surface area contributed by atoms with Crippen LogP contribution in [0.25, 0.3) is 0 Å². The lowest BCUT2D eigenvalue weighted by molar-refractivity contribution is 0.1000. The van der Waals surface area contributed by atoms with Crippen molar-refractivity contribution in [2.24, 2.45) is 0 Å². The third-order valence-corrected chi connectivity index (χ3v) is 4.20. The molecule has 0 unspecified atom stereocenters. The summed E-state index contributed by atoms with van der Waals surface area (Å²) in [6.07, 6.45) is 2.28. The number of thioether (sulfide) groups is 1. The molecule has 0 saturated carbocycles. The van der Waals surface area contributed by atoms with Crippen LogP contribution in [0.1, 0.15) is 24.0 Å². The summed E-state index contributed by atoms with van der Waals surface area (Å²) in [7, 11) is 0. The van der Waals surface area contributed by atoms with Crippen LogP contribution < -0.4 is 0 Å². The molecule has 1 saturated heterocycles. The standard InChI is InChI=1S/C13H15NOS/c14-9-11-3-1-2-4-12(11)10-16-13-5-7-15-8-6-13/h1-4,13H,5-8,10H2. The Hall–Kier alpha value is -0.980. The normalized spacial score (nSPS) is 16.9. The van der Waals surface area contributed by atoms with Crippen molar-refractivity contribution in [3.63, 3.8) is 0 Å². The number of nitriles is 1. The third-order valence-electron chi connectivity index (χ3n) is 2.78. The van der Waals surface area contributed by atoms with Crippen molar-refractivity contribution < 1.29 is 4.74 Å². The quantitative estimate of drug-likeness (QED) is 0.804. The zero-order valence-electron chi connectivity index (χ0n) is 9.19. The number of benzene rings is 1. The Morgan fingerprint density at radius 3 is 2.81 bits per heavy atom. The first-order chi connectivity index (χ1) is 7.90. The van der Waals surface area contributed by atoms with E-state index < -0.39 is 0 Å². The summed E-state index contributed by atoms with van der Waals surface area (Å²) >= 11 is 1.95. The molecule has 0 atom stereocenters. The maximum Gasteiger partial charge on any atom is 0.0994 e. The predicted molar refractivity (Wildman–Crippen MR) is 66.3 cm³/mol. The minimum atomic E-state index is 0.695. The molecule has 1 aliphatic rings. The summed E-state index contributed by atoms with van der Waals surface area (Å²) in [4.78, 5) is 0. The molecular formula is C13H15NOS. The number of ether oxygens (including phenoxy) is 1. The summed E-state index contributed by atoms with van der Waals surface area (Å²) < 4.78 is 5.33. The van der Waals surface area contributed by atoms with E-state index in [4.69, 9.17) is 10.00 Å². The van der Waals surface area contributed by atoms with E-state index in [9.17, 15) is 0 Å². The largest absolute Gasteiger partial charge is 0.381 e. The van der Waals surface area contributed by atoms with Gasteiger partial charge in [-0.3, -0.25) is 0 Å². The topological polar surface area (TPSA) is 33.0 Å². The molecular weight excluding hydrogens is 218 g/mol. The highest BCUT2D eigenvalue weighted by Crippen LogP contribution is 2.26. The molecule has 0 amide bonds. The Bertz CT molecular complexity index is 380. The fourth-order valence-electron chi connectivity index (χ4n) is 1.81. The van der Waals surface area contributed by atoms with E-state index in [1.807, 2.05) is 36.0 Å². The van der Waals surface area contributed by atoms with Gasteiger partial charge in [0.1, 0.15) is 0 Å². The Labute approximate surface area is 101 Å². The molecule has 0 bridgehead atoms. The second-order valence-electron chi connectivity index (χ2n) is 3.89. The molecule has 0 N–H and O–H groups in total. The molecule has 0 spiro atoms. The highest BCUT2D eigenvalue weighted by Gasteiger charge is 2.14. The van der Waals surface area contributed by atoms with Gasteiger partial charge < -0.3 is 4.74 Å². The molecule has 0 radical (unpaired) electrons. The first-order valence-electron chi connectivity index (χ1n) is 5.57. The molecule has 1 aromatic rings. The highest BCUT2D eigenvalue weighted by atomic mass is 32.2. The molecule has 2 rings (SSSR count). The molecule has 1 aliphatic heterocycles. The molecule has 3 heteroatoms.